The first-order valence-electron chi connectivity index (χ1n) is 6.89. The van der Waals surface area contributed by atoms with E-state index >= 15 is 0 Å². The van der Waals surface area contributed by atoms with Crippen LogP contribution in [0.3, 0.4) is 0 Å². The number of ether oxygens (including phenoxy) is 1. The van der Waals surface area contributed by atoms with Gasteiger partial charge in [-0.1, -0.05) is 0 Å². The lowest BCUT2D eigenvalue weighted by molar-refractivity contribution is -0.115. The van der Waals surface area contributed by atoms with Crippen molar-refractivity contribution in [3.63, 3.8) is 0 Å². The Bertz CT molecular complexity index is 787. The molecule has 0 radical (unpaired) electrons. The minimum absolute atomic E-state index is 0.139. The normalized spacial score (nSPS) is 10.3. The van der Waals surface area contributed by atoms with Gasteiger partial charge in [-0.05, 0) is 18.2 Å². The Labute approximate surface area is 137 Å². The number of aromatic nitrogens is 3. The topological polar surface area (TPSA) is 77.0 Å². The zero-order valence-corrected chi connectivity index (χ0v) is 13.2. The van der Waals surface area contributed by atoms with Crippen LogP contribution in [-0.2, 0) is 11.2 Å². The largest absolute Gasteiger partial charge is 0.481 e. The fourth-order valence-corrected chi connectivity index (χ4v) is 2.77. The van der Waals surface area contributed by atoms with E-state index in [0.29, 0.717) is 11.6 Å². The molecule has 116 valence electrons. The molecule has 3 aromatic heterocycles. The van der Waals surface area contributed by atoms with E-state index in [0.717, 1.165) is 16.3 Å². The number of amides is 1. The summed E-state index contributed by atoms with van der Waals surface area (Å²) in [4.78, 5) is 24.7. The highest BCUT2D eigenvalue weighted by Gasteiger charge is 2.09. The van der Waals surface area contributed by atoms with Gasteiger partial charge < -0.3 is 10.1 Å². The Morgan fingerprint density at radius 1 is 1.30 bits per heavy atom. The number of nitrogens with zero attached hydrogens (tertiary/aromatic N) is 3. The molecule has 7 heteroatoms. The van der Waals surface area contributed by atoms with Gasteiger partial charge in [0.05, 0.1) is 31.1 Å². The molecule has 3 aromatic rings. The molecule has 3 rings (SSSR count). The summed E-state index contributed by atoms with van der Waals surface area (Å²) in [5, 5.41) is 5.52. The summed E-state index contributed by atoms with van der Waals surface area (Å²) in [6.07, 6.45) is 5.24. The van der Waals surface area contributed by atoms with Crippen molar-refractivity contribution in [3.05, 3.63) is 53.9 Å². The monoisotopic (exact) mass is 326 g/mol. The van der Waals surface area contributed by atoms with Crippen LogP contribution in [0.25, 0.3) is 10.6 Å². The molecule has 0 aliphatic heterocycles. The number of methoxy groups -OCH3 is 1. The number of anilines is 1. The molecular weight excluding hydrogens is 312 g/mol. The van der Waals surface area contributed by atoms with Gasteiger partial charge in [-0.3, -0.25) is 9.78 Å². The maximum atomic E-state index is 12.1. The number of hydrogen-bond acceptors (Lipinski definition) is 6. The molecule has 0 saturated carbocycles. The van der Waals surface area contributed by atoms with Gasteiger partial charge in [0, 0.05) is 29.4 Å². The van der Waals surface area contributed by atoms with Crippen molar-refractivity contribution in [3.8, 4) is 16.5 Å². The lowest BCUT2D eigenvalue weighted by atomic mass is 10.3. The van der Waals surface area contributed by atoms with Crippen LogP contribution in [0.15, 0.2) is 48.2 Å². The predicted octanol–water partition coefficient (Wildman–Crippen LogP) is 2.79. The number of pyridine rings is 2. The highest BCUT2D eigenvalue weighted by atomic mass is 32.1. The smallest absolute Gasteiger partial charge is 0.230 e. The summed E-state index contributed by atoms with van der Waals surface area (Å²) >= 11 is 1.50. The Hall–Kier alpha value is -2.80. The zero-order valence-electron chi connectivity index (χ0n) is 12.4. The Morgan fingerprint density at radius 3 is 2.91 bits per heavy atom. The van der Waals surface area contributed by atoms with Crippen molar-refractivity contribution < 1.29 is 9.53 Å². The average Bonchev–Trinajstić information content (AvgIpc) is 3.04. The van der Waals surface area contributed by atoms with E-state index in [1.807, 2.05) is 17.5 Å². The van der Waals surface area contributed by atoms with E-state index in [-0.39, 0.29) is 12.3 Å². The summed E-state index contributed by atoms with van der Waals surface area (Å²) in [7, 11) is 1.54. The number of hydrogen-bond donors (Lipinski definition) is 1. The van der Waals surface area contributed by atoms with Crippen LogP contribution < -0.4 is 10.1 Å². The molecule has 0 bridgehead atoms. The predicted molar refractivity (Wildman–Crippen MR) is 88.5 cm³/mol. The maximum Gasteiger partial charge on any atom is 0.230 e. The van der Waals surface area contributed by atoms with E-state index in [4.69, 9.17) is 4.74 Å². The van der Waals surface area contributed by atoms with Crippen molar-refractivity contribution in [2.45, 2.75) is 6.42 Å². The molecule has 1 amide bonds. The van der Waals surface area contributed by atoms with E-state index in [9.17, 15) is 4.79 Å². The van der Waals surface area contributed by atoms with Crippen LogP contribution in [0.5, 0.6) is 5.88 Å². The van der Waals surface area contributed by atoms with E-state index < -0.39 is 0 Å². The van der Waals surface area contributed by atoms with Crippen LogP contribution >= 0.6 is 11.3 Å². The molecule has 0 aliphatic rings. The highest BCUT2D eigenvalue weighted by molar-refractivity contribution is 7.13. The van der Waals surface area contributed by atoms with Gasteiger partial charge in [-0.25, -0.2) is 9.97 Å². The summed E-state index contributed by atoms with van der Waals surface area (Å²) in [6, 6.07) is 7.24. The van der Waals surface area contributed by atoms with Gasteiger partial charge in [0.25, 0.3) is 0 Å². The highest BCUT2D eigenvalue weighted by Crippen LogP contribution is 2.23. The molecule has 1 N–H and O–H groups in total. The lowest BCUT2D eigenvalue weighted by Gasteiger charge is -2.04. The fraction of sp³-hybridized carbons (Fsp3) is 0.125. The molecule has 0 aliphatic carbocycles. The molecule has 0 fully saturated rings. The van der Waals surface area contributed by atoms with E-state index in [1.54, 1.807) is 37.8 Å². The summed E-state index contributed by atoms with van der Waals surface area (Å²) < 4.78 is 4.98. The van der Waals surface area contributed by atoms with Crippen molar-refractivity contribution in [2.75, 3.05) is 12.4 Å². The molecule has 0 aromatic carbocycles. The third-order valence-electron chi connectivity index (χ3n) is 3.03. The van der Waals surface area contributed by atoms with Crippen molar-refractivity contribution in [1.29, 1.82) is 0 Å². The Morgan fingerprint density at radius 2 is 2.22 bits per heavy atom. The summed E-state index contributed by atoms with van der Waals surface area (Å²) in [5.41, 5.74) is 2.30. The first-order valence-corrected chi connectivity index (χ1v) is 7.77. The van der Waals surface area contributed by atoms with Gasteiger partial charge in [-0.15, -0.1) is 11.3 Å². The molecule has 6 nitrogen and oxygen atoms in total. The van der Waals surface area contributed by atoms with Gasteiger partial charge in [0.1, 0.15) is 5.01 Å². The molecule has 0 saturated heterocycles. The van der Waals surface area contributed by atoms with Gasteiger partial charge >= 0.3 is 0 Å². The molecule has 0 spiro atoms. The second-order valence-electron chi connectivity index (χ2n) is 4.70. The number of rotatable bonds is 5. The van der Waals surface area contributed by atoms with Crippen LogP contribution in [0, 0.1) is 0 Å². The number of nitrogens with one attached hydrogen (secondary N) is 1. The van der Waals surface area contributed by atoms with Crippen LogP contribution in [-0.4, -0.2) is 28.0 Å². The van der Waals surface area contributed by atoms with E-state index in [2.05, 4.69) is 20.3 Å². The van der Waals surface area contributed by atoms with Crippen molar-refractivity contribution in [2.24, 2.45) is 0 Å². The first-order chi connectivity index (χ1) is 11.2. The summed E-state index contributed by atoms with van der Waals surface area (Å²) in [5.74, 6) is 0.364. The van der Waals surface area contributed by atoms with Gasteiger partial charge in [-0.2, -0.15) is 0 Å². The first kappa shape index (κ1) is 15.1. The fourth-order valence-electron chi connectivity index (χ4n) is 1.95. The number of thiazole rings is 1. The van der Waals surface area contributed by atoms with Crippen molar-refractivity contribution in [1.82, 2.24) is 15.0 Å². The average molecular weight is 326 g/mol. The lowest BCUT2D eigenvalue weighted by Crippen LogP contribution is -2.14. The SMILES string of the molecule is COc1ccc(NC(=O)Cc2csc(-c3cccnc3)n2)cn1. The van der Waals surface area contributed by atoms with Crippen LogP contribution in [0.1, 0.15) is 5.69 Å². The second-order valence-corrected chi connectivity index (χ2v) is 5.56. The molecular formula is C16H14N4O2S. The minimum Gasteiger partial charge on any atom is -0.481 e. The third kappa shape index (κ3) is 3.89. The molecule has 0 unspecified atom stereocenters. The number of carbonyl (C=O) groups is 1. The standard InChI is InChI=1S/C16H14N4O2S/c1-22-15-5-4-12(9-18-15)19-14(21)7-13-10-23-16(20-13)11-3-2-6-17-8-11/h2-6,8-10H,7H2,1H3,(H,19,21). The minimum atomic E-state index is -0.139. The van der Waals surface area contributed by atoms with Gasteiger partial charge in [0.15, 0.2) is 0 Å². The third-order valence-corrected chi connectivity index (χ3v) is 3.97. The zero-order chi connectivity index (χ0) is 16.1. The van der Waals surface area contributed by atoms with Crippen molar-refractivity contribution >= 4 is 22.9 Å². The molecule has 0 atom stereocenters. The second kappa shape index (κ2) is 6.97. The quantitative estimate of drug-likeness (QED) is 0.780. The molecule has 3 heterocycles. The Kier molecular flexibility index (Phi) is 4.58. The van der Waals surface area contributed by atoms with E-state index in [1.165, 1.54) is 11.3 Å². The Balaban J connectivity index is 1.63. The number of carbonyl (C=O) groups excluding carboxylic acids is 1. The van der Waals surface area contributed by atoms with Crippen LogP contribution in [0.4, 0.5) is 5.69 Å². The maximum absolute atomic E-state index is 12.1. The van der Waals surface area contributed by atoms with Gasteiger partial charge in [0.2, 0.25) is 11.8 Å². The summed E-state index contributed by atoms with van der Waals surface area (Å²) in [6.45, 7) is 0. The van der Waals surface area contributed by atoms with Crippen LogP contribution in [0.2, 0.25) is 0 Å². The molecule has 23 heavy (non-hydrogen) atoms.